The minimum atomic E-state index is -0.312. The average molecular weight is 553 g/mol. The molecule has 0 radical (unpaired) electrons. The molecule has 2 aromatic carbocycles. The van der Waals surface area contributed by atoms with Crippen LogP contribution in [0.3, 0.4) is 0 Å². The summed E-state index contributed by atoms with van der Waals surface area (Å²) in [4.78, 5) is 31.7. The summed E-state index contributed by atoms with van der Waals surface area (Å²) in [5, 5.41) is 2.01. The number of hydrogen-bond donors (Lipinski definition) is 0. The van der Waals surface area contributed by atoms with Gasteiger partial charge in [-0.1, -0.05) is 50.5 Å². The minimum absolute atomic E-state index is 0.0348. The Bertz CT molecular complexity index is 1160. The largest absolute Gasteiger partial charge is 0.385 e. The maximum absolute atomic E-state index is 13.7. The van der Waals surface area contributed by atoms with Crippen LogP contribution in [0.25, 0.3) is 0 Å². The fraction of sp³-hybridized carbons (Fsp3) is 0.438. The molecule has 0 N–H and O–H groups in total. The SMILES string of the molecule is CCCCCCc1ccc(C(=O)N(CCCOC)CC(=O)N(Cc2ccc(F)cc2)Cc2sccc2C)cc1. The molecule has 0 aliphatic carbocycles. The molecule has 1 heterocycles. The Morgan fingerprint density at radius 3 is 2.23 bits per heavy atom. The van der Waals surface area contributed by atoms with Crippen molar-refractivity contribution in [2.75, 3.05) is 26.8 Å². The van der Waals surface area contributed by atoms with Crippen molar-refractivity contribution in [1.82, 2.24) is 9.80 Å². The van der Waals surface area contributed by atoms with Crippen LogP contribution in [0.1, 0.15) is 71.0 Å². The van der Waals surface area contributed by atoms with Crippen molar-refractivity contribution in [2.45, 2.75) is 65.5 Å². The van der Waals surface area contributed by atoms with E-state index in [9.17, 15) is 14.0 Å². The monoisotopic (exact) mass is 552 g/mol. The van der Waals surface area contributed by atoms with Gasteiger partial charge in [0.05, 0.1) is 6.54 Å². The zero-order valence-electron chi connectivity index (χ0n) is 23.5. The summed E-state index contributed by atoms with van der Waals surface area (Å²) in [6, 6.07) is 16.0. The highest BCUT2D eigenvalue weighted by molar-refractivity contribution is 7.10. The molecule has 3 rings (SSSR count). The summed E-state index contributed by atoms with van der Waals surface area (Å²) >= 11 is 1.61. The quantitative estimate of drug-likeness (QED) is 0.179. The Morgan fingerprint density at radius 1 is 0.872 bits per heavy atom. The molecule has 210 valence electrons. The van der Waals surface area contributed by atoms with E-state index in [1.54, 1.807) is 40.4 Å². The van der Waals surface area contributed by atoms with Gasteiger partial charge in [0.2, 0.25) is 5.91 Å². The van der Waals surface area contributed by atoms with Crippen molar-refractivity contribution in [3.8, 4) is 0 Å². The third kappa shape index (κ3) is 9.90. The molecule has 5 nitrogen and oxygen atoms in total. The number of amides is 2. The maximum Gasteiger partial charge on any atom is 0.254 e. The highest BCUT2D eigenvalue weighted by Gasteiger charge is 2.23. The third-order valence-corrected chi connectivity index (χ3v) is 7.86. The molecule has 39 heavy (non-hydrogen) atoms. The van der Waals surface area contributed by atoms with Gasteiger partial charge in [-0.15, -0.1) is 11.3 Å². The molecule has 0 saturated carbocycles. The lowest BCUT2D eigenvalue weighted by atomic mass is 10.0. The van der Waals surface area contributed by atoms with E-state index in [0.29, 0.717) is 38.2 Å². The number of methoxy groups -OCH3 is 1. The van der Waals surface area contributed by atoms with Gasteiger partial charge in [-0.05, 0) is 78.6 Å². The van der Waals surface area contributed by atoms with Crippen LogP contribution in [-0.2, 0) is 29.0 Å². The number of carbonyl (C=O) groups excluding carboxylic acids is 2. The topological polar surface area (TPSA) is 49.9 Å². The Kier molecular flexibility index (Phi) is 12.6. The first-order valence-corrected chi connectivity index (χ1v) is 14.7. The van der Waals surface area contributed by atoms with E-state index in [-0.39, 0.29) is 24.2 Å². The van der Waals surface area contributed by atoms with Crippen LogP contribution < -0.4 is 0 Å². The minimum Gasteiger partial charge on any atom is -0.385 e. The third-order valence-electron chi connectivity index (χ3n) is 6.85. The summed E-state index contributed by atoms with van der Waals surface area (Å²) in [6.07, 6.45) is 6.45. The van der Waals surface area contributed by atoms with Gasteiger partial charge in [0.25, 0.3) is 5.91 Å². The number of hydrogen-bond acceptors (Lipinski definition) is 4. The van der Waals surface area contributed by atoms with Gasteiger partial charge in [0.15, 0.2) is 0 Å². The first-order chi connectivity index (χ1) is 18.9. The molecular formula is C32H41FN2O3S. The number of nitrogens with zero attached hydrogens (tertiary/aromatic N) is 2. The van der Waals surface area contributed by atoms with Crippen LogP contribution in [0.2, 0.25) is 0 Å². The first-order valence-electron chi connectivity index (χ1n) is 13.8. The second kappa shape index (κ2) is 16.2. The zero-order valence-corrected chi connectivity index (χ0v) is 24.3. The maximum atomic E-state index is 13.7. The molecule has 0 aliphatic rings. The van der Waals surface area contributed by atoms with Gasteiger partial charge in [-0.2, -0.15) is 0 Å². The lowest BCUT2D eigenvalue weighted by molar-refractivity contribution is -0.133. The molecule has 0 spiro atoms. The van der Waals surface area contributed by atoms with Gasteiger partial charge < -0.3 is 14.5 Å². The summed E-state index contributed by atoms with van der Waals surface area (Å²) < 4.78 is 18.7. The van der Waals surface area contributed by atoms with Crippen LogP contribution in [0.15, 0.2) is 60.0 Å². The second-order valence-corrected chi connectivity index (χ2v) is 11.0. The molecular weight excluding hydrogens is 511 g/mol. The van der Waals surface area contributed by atoms with Crippen molar-refractivity contribution in [2.24, 2.45) is 0 Å². The Balaban J connectivity index is 1.75. The molecule has 0 atom stereocenters. The average Bonchev–Trinajstić information content (AvgIpc) is 3.35. The van der Waals surface area contributed by atoms with Crippen molar-refractivity contribution in [3.05, 3.63) is 92.9 Å². The number of carbonyl (C=O) groups is 2. The van der Waals surface area contributed by atoms with E-state index in [1.807, 2.05) is 42.6 Å². The molecule has 0 saturated heterocycles. The molecule has 1 aromatic heterocycles. The second-order valence-electron chi connectivity index (χ2n) is 9.98. The van der Waals surface area contributed by atoms with Gasteiger partial charge in [-0.3, -0.25) is 9.59 Å². The van der Waals surface area contributed by atoms with Crippen LogP contribution in [0.4, 0.5) is 4.39 Å². The number of aryl methyl sites for hydroxylation is 2. The van der Waals surface area contributed by atoms with Gasteiger partial charge >= 0.3 is 0 Å². The number of benzene rings is 2. The molecule has 0 aliphatic heterocycles. The first kappa shape index (κ1) is 30.5. The molecule has 3 aromatic rings. The Morgan fingerprint density at radius 2 is 1.59 bits per heavy atom. The van der Waals surface area contributed by atoms with E-state index in [4.69, 9.17) is 4.74 Å². The summed E-state index contributed by atoms with van der Waals surface area (Å²) in [5.41, 5.74) is 3.77. The van der Waals surface area contributed by atoms with E-state index in [2.05, 4.69) is 6.92 Å². The highest BCUT2D eigenvalue weighted by Crippen LogP contribution is 2.20. The van der Waals surface area contributed by atoms with Crippen molar-refractivity contribution < 1.29 is 18.7 Å². The van der Waals surface area contributed by atoms with Crippen LogP contribution in [0, 0.1) is 12.7 Å². The lowest BCUT2D eigenvalue weighted by Crippen LogP contribution is -2.43. The predicted molar refractivity (Wildman–Crippen MR) is 156 cm³/mol. The Labute approximate surface area is 236 Å². The van der Waals surface area contributed by atoms with E-state index in [0.717, 1.165) is 28.8 Å². The predicted octanol–water partition coefficient (Wildman–Crippen LogP) is 7.03. The van der Waals surface area contributed by atoms with E-state index in [1.165, 1.54) is 37.0 Å². The molecule has 0 bridgehead atoms. The summed E-state index contributed by atoms with van der Waals surface area (Å²) in [7, 11) is 1.63. The lowest BCUT2D eigenvalue weighted by Gasteiger charge is -2.28. The Hall–Kier alpha value is -3.03. The number of ether oxygens (including phenoxy) is 1. The summed E-state index contributed by atoms with van der Waals surface area (Å²) in [6.45, 7) is 5.89. The normalized spacial score (nSPS) is 11.0. The van der Waals surface area contributed by atoms with E-state index < -0.39 is 0 Å². The number of thiophene rings is 1. The van der Waals surface area contributed by atoms with Crippen molar-refractivity contribution in [1.29, 1.82) is 0 Å². The molecule has 0 fully saturated rings. The fourth-order valence-electron chi connectivity index (χ4n) is 4.45. The smallest absolute Gasteiger partial charge is 0.254 e. The number of rotatable bonds is 16. The fourth-order valence-corrected chi connectivity index (χ4v) is 5.37. The van der Waals surface area contributed by atoms with Crippen LogP contribution >= 0.6 is 11.3 Å². The molecule has 7 heteroatoms. The van der Waals surface area contributed by atoms with Crippen molar-refractivity contribution in [3.63, 3.8) is 0 Å². The zero-order chi connectivity index (χ0) is 28.0. The molecule has 0 unspecified atom stereocenters. The van der Waals surface area contributed by atoms with Gasteiger partial charge in [-0.25, -0.2) is 4.39 Å². The standard InChI is InChI=1S/C32H41FN2O3S/c1-4-5-6-7-9-26-10-14-28(15-11-26)32(37)34(19-8-20-38-3)24-31(36)35(23-30-25(2)18-21-39-30)22-27-12-16-29(33)17-13-27/h10-18,21H,4-9,19-20,22-24H2,1-3H3. The van der Waals surface area contributed by atoms with E-state index >= 15 is 0 Å². The van der Waals surface area contributed by atoms with Gasteiger partial charge in [0, 0.05) is 37.2 Å². The number of halogens is 1. The number of unbranched alkanes of at least 4 members (excludes halogenated alkanes) is 3. The molecule has 2 amide bonds. The highest BCUT2D eigenvalue weighted by atomic mass is 32.1. The van der Waals surface area contributed by atoms with Crippen LogP contribution in [-0.4, -0.2) is 48.4 Å². The van der Waals surface area contributed by atoms with Crippen LogP contribution in [0.5, 0.6) is 0 Å². The van der Waals surface area contributed by atoms with Crippen molar-refractivity contribution >= 4 is 23.2 Å². The summed E-state index contributed by atoms with van der Waals surface area (Å²) in [5.74, 6) is -0.621. The van der Waals surface area contributed by atoms with Gasteiger partial charge in [0.1, 0.15) is 12.4 Å².